The third kappa shape index (κ3) is 6.39. The summed E-state index contributed by atoms with van der Waals surface area (Å²) in [6.45, 7) is 1.59. The molecule has 168 valence electrons. The molecule has 0 saturated heterocycles. The van der Waals surface area contributed by atoms with E-state index in [9.17, 15) is 24.6 Å². The fourth-order valence-electron chi connectivity index (χ4n) is 3.35. The summed E-state index contributed by atoms with van der Waals surface area (Å²) in [6, 6.07) is 12.5. The fourth-order valence-corrected chi connectivity index (χ4v) is 3.60. The fraction of sp³-hybridized carbons (Fsp3) is 0.174. The van der Waals surface area contributed by atoms with Gasteiger partial charge in [-0.05, 0) is 30.2 Å². The minimum Gasteiger partial charge on any atom is -1.00 e. The number of urea groups is 1. The van der Waals surface area contributed by atoms with E-state index in [1.165, 1.54) is 17.8 Å². The molecule has 1 heterocycles. The van der Waals surface area contributed by atoms with Gasteiger partial charge in [0.05, 0.1) is 12.5 Å². The number of benzene rings is 2. The van der Waals surface area contributed by atoms with E-state index in [4.69, 9.17) is 11.6 Å². The molecule has 10 heteroatoms. The summed E-state index contributed by atoms with van der Waals surface area (Å²) in [5.74, 6) is -1.47. The Kier molecular flexibility index (Phi) is 9.13. The number of halogens is 1. The Morgan fingerprint density at radius 1 is 1.18 bits per heavy atom. The number of aryl methyl sites for hydroxylation is 2. The molecule has 0 aliphatic heterocycles. The van der Waals surface area contributed by atoms with Gasteiger partial charge in [0, 0.05) is 29.4 Å². The van der Waals surface area contributed by atoms with Crippen LogP contribution in [0.4, 0.5) is 10.5 Å². The van der Waals surface area contributed by atoms with Crippen molar-refractivity contribution in [2.45, 2.75) is 19.4 Å². The number of aromatic hydroxyl groups is 1. The maximum atomic E-state index is 12.6. The van der Waals surface area contributed by atoms with Gasteiger partial charge in [0.2, 0.25) is 0 Å². The van der Waals surface area contributed by atoms with Gasteiger partial charge in [0.1, 0.15) is 5.75 Å². The van der Waals surface area contributed by atoms with Crippen LogP contribution in [0.3, 0.4) is 0 Å². The number of anilines is 1. The Hall–Kier alpha value is -2.78. The van der Waals surface area contributed by atoms with Gasteiger partial charge in [0.25, 0.3) is 5.56 Å². The molecule has 0 aliphatic carbocycles. The van der Waals surface area contributed by atoms with Crippen LogP contribution in [0.2, 0.25) is 5.02 Å². The number of hydrogen-bond acceptors (Lipinski definition) is 4. The van der Waals surface area contributed by atoms with Crippen LogP contribution in [0.5, 0.6) is 5.75 Å². The van der Waals surface area contributed by atoms with Crippen LogP contribution in [0.25, 0.3) is 11.1 Å². The largest absolute Gasteiger partial charge is 1.00 e. The second-order valence-electron chi connectivity index (χ2n) is 7.31. The maximum Gasteiger partial charge on any atom is 1.00 e. The first-order valence-electron chi connectivity index (χ1n) is 9.70. The number of carboxylic acid groups (broad SMARTS) is 1. The number of nitrogens with zero attached hydrogens (tertiary/aromatic N) is 1. The molecular weight excluding hydrogens is 457 g/mol. The molecule has 2 aromatic carbocycles. The average molecular weight is 480 g/mol. The third-order valence-electron chi connectivity index (χ3n) is 4.93. The molecular formula is C23H23ClN3NaO5. The number of amides is 2. The Morgan fingerprint density at radius 2 is 1.88 bits per heavy atom. The number of aromatic nitrogens is 1. The van der Waals surface area contributed by atoms with Crippen molar-refractivity contribution < 1.29 is 50.8 Å². The molecule has 8 nitrogen and oxygen atoms in total. The van der Waals surface area contributed by atoms with Gasteiger partial charge in [-0.3, -0.25) is 9.59 Å². The number of rotatable bonds is 6. The van der Waals surface area contributed by atoms with Crippen molar-refractivity contribution in [3.63, 3.8) is 0 Å². The van der Waals surface area contributed by atoms with Crippen molar-refractivity contribution in [1.82, 2.24) is 9.88 Å². The predicted molar refractivity (Wildman–Crippen MR) is 123 cm³/mol. The number of hydrogen-bond donors (Lipinski definition) is 4. The monoisotopic (exact) mass is 479 g/mol. The van der Waals surface area contributed by atoms with Gasteiger partial charge < -0.3 is 26.8 Å². The van der Waals surface area contributed by atoms with Crippen LogP contribution in [0.1, 0.15) is 25.0 Å². The van der Waals surface area contributed by atoms with Crippen molar-refractivity contribution in [2.75, 3.05) is 5.32 Å². The molecule has 0 aliphatic rings. The van der Waals surface area contributed by atoms with Crippen LogP contribution >= 0.6 is 11.6 Å². The van der Waals surface area contributed by atoms with Crippen molar-refractivity contribution in [2.24, 2.45) is 7.05 Å². The molecule has 1 atom stereocenters. The molecule has 33 heavy (non-hydrogen) atoms. The molecule has 1 unspecified atom stereocenters. The quantitative estimate of drug-likeness (QED) is 0.396. The second kappa shape index (κ2) is 11.4. The van der Waals surface area contributed by atoms with E-state index >= 15 is 0 Å². The summed E-state index contributed by atoms with van der Waals surface area (Å²) in [5.41, 5.74) is 1.58. The first kappa shape index (κ1) is 26.5. The minimum atomic E-state index is -1.12. The van der Waals surface area contributed by atoms with Crippen molar-refractivity contribution in [3.8, 4) is 16.9 Å². The van der Waals surface area contributed by atoms with Crippen molar-refractivity contribution in [1.29, 1.82) is 0 Å². The van der Waals surface area contributed by atoms with Gasteiger partial charge in [-0.25, -0.2) is 4.79 Å². The first-order chi connectivity index (χ1) is 15.2. The molecule has 4 N–H and O–H groups in total. The van der Waals surface area contributed by atoms with E-state index in [1.54, 1.807) is 37.3 Å². The molecule has 0 saturated carbocycles. The third-order valence-corrected chi connectivity index (χ3v) is 5.26. The number of nitrogens with one attached hydrogen (secondary N) is 2. The normalized spacial score (nSPS) is 11.2. The standard InChI is InChI=1S/C23H22ClN3O5.Na.H/c1-13-12-27(2)22(31)20(21(13)30)26-23(32)25-18(11-19(28)29)15-7-5-6-14(10-15)16-8-3-4-9-17(16)24;;/h3-10,12,18,30H,11H2,1-2H3,(H,28,29)(H2,25,26,32);;/q;+1;-1. The molecule has 0 fully saturated rings. The first-order valence-corrected chi connectivity index (χ1v) is 10.1. The molecule has 3 aromatic rings. The van der Waals surface area contributed by atoms with E-state index in [0.717, 1.165) is 11.1 Å². The van der Waals surface area contributed by atoms with E-state index in [0.29, 0.717) is 16.1 Å². The Labute approximate surface area is 219 Å². The Balaban J connectivity index is 0.00000289. The predicted octanol–water partition coefficient (Wildman–Crippen LogP) is 1.17. The van der Waals surface area contributed by atoms with Crippen molar-refractivity contribution in [3.05, 3.63) is 81.2 Å². The number of aliphatic carboxylic acids is 1. The number of carbonyl (C=O) groups excluding carboxylic acids is 1. The second-order valence-corrected chi connectivity index (χ2v) is 7.71. The molecule has 0 bridgehead atoms. The Morgan fingerprint density at radius 3 is 2.55 bits per heavy atom. The zero-order valence-corrected chi connectivity index (χ0v) is 21.2. The maximum absolute atomic E-state index is 12.6. The van der Waals surface area contributed by atoms with Crippen LogP contribution in [-0.4, -0.2) is 26.8 Å². The zero-order valence-electron chi connectivity index (χ0n) is 19.4. The summed E-state index contributed by atoms with van der Waals surface area (Å²) in [6.07, 6.45) is 1.05. The van der Waals surface area contributed by atoms with E-state index in [1.807, 2.05) is 18.2 Å². The summed E-state index contributed by atoms with van der Waals surface area (Å²) in [7, 11) is 1.49. The van der Waals surface area contributed by atoms with Gasteiger partial charge in [-0.15, -0.1) is 0 Å². The topological polar surface area (TPSA) is 121 Å². The number of carboxylic acids is 1. The van der Waals surface area contributed by atoms with Gasteiger partial charge in [0.15, 0.2) is 5.69 Å². The van der Waals surface area contributed by atoms with Crippen LogP contribution in [-0.2, 0) is 11.8 Å². The van der Waals surface area contributed by atoms with E-state index in [-0.39, 0.29) is 42.4 Å². The molecule has 0 spiro atoms. The smallest absolute Gasteiger partial charge is 1.00 e. The molecule has 3 rings (SSSR count). The molecule has 0 radical (unpaired) electrons. The number of carbonyl (C=O) groups is 2. The van der Waals surface area contributed by atoms with Crippen molar-refractivity contribution >= 4 is 29.3 Å². The van der Waals surface area contributed by atoms with E-state index < -0.39 is 30.0 Å². The minimum absolute atomic E-state index is 0. The summed E-state index contributed by atoms with van der Waals surface area (Å²) >= 11 is 6.28. The molecule has 1 aromatic heterocycles. The summed E-state index contributed by atoms with van der Waals surface area (Å²) in [4.78, 5) is 36.4. The van der Waals surface area contributed by atoms with Crippen LogP contribution in [0.15, 0.2) is 59.5 Å². The van der Waals surface area contributed by atoms with Gasteiger partial charge >= 0.3 is 41.6 Å². The molecule has 2 amide bonds. The Bertz CT molecular complexity index is 1250. The van der Waals surface area contributed by atoms with E-state index in [2.05, 4.69) is 10.6 Å². The van der Waals surface area contributed by atoms with Gasteiger partial charge in [-0.2, -0.15) is 0 Å². The zero-order chi connectivity index (χ0) is 23.4. The van der Waals surface area contributed by atoms with Gasteiger partial charge in [-0.1, -0.05) is 48.0 Å². The van der Waals surface area contributed by atoms with Crippen LogP contribution in [0, 0.1) is 6.92 Å². The summed E-state index contributed by atoms with van der Waals surface area (Å²) < 4.78 is 1.23. The number of pyridine rings is 1. The average Bonchev–Trinajstić information content (AvgIpc) is 2.75. The van der Waals surface area contributed by atoms with Crippen LogP contribution < -0.4 is 45.8 Å². The summed E-state index contributed by atoms with van der Waals surface area (Å²) in [5, 5.41) is 25.0. The SMILES string of the molecule is Cc1cn(C)c(=O)c(NC(=O)NC(CC(=O)O)c2cccc(-c3ccccc3Cl)c2)c1O.[H-].[Na+].